The van der Waals surface area contributed by atoms with Gasteiger partial charge in [0.15, 0.2) is 0 Å². The van der Waals surface area contributed by atoms with E-state index in [-0.39, 0.29) is 0 Å². The van der Waals surface area contributed by atoms with E-state index in [2.05, 4.69) is 10.3 Å². The molecule has 2 rings (SSSR count). The van der Waals surface area contributed by atoms with Crippen LogP contribution in [0.1, 0.15) is 17.7 Å². The van der Waals surface area contributed by atoms with Gasteiger partial charge in [0, 0.05) is 24.9 Å². The molecule has 0 bridgehead atoms. The molecule has 76 valence electrons. The van der Waals surface area contributed by atoms with E-state index in [1.807, 2.05) is 25.3 Å². The first kappa shape index (κ1) is 9.62. The van der Waals surface area contributed by atoms with Crippen LogP contribution in [-0.2, 0) is 6.42 Å². The van der Waals surface area contributed by atoms with Gasteiger partial charge in [-0.05, 0) is 31.5 Å². The first-order valence-electron chi connectivity index (χ1n) is 5.03. The third kappa shape index (κ3) is 2.11. The summed E-state index contributed by atoms with van der Waals surface area (Å²) in [6, 6.07) is 4.03. The van der Waals surface area contributed by atoms with Crippen molar-refractivity contribution >= 4 is 0 Å². The Kier molecular flexibility index (Phi) is 2.52. The van der Waals surface area contributed by atoms with Crippen LogP contribution < -0.4 is 5.32 Å². The molecule has 1 unspecified atom stereocenters. The summed E-state index contributed by atoms with van der Waals surface area (Å²) < 4.78 is 0. The molecule has 2 heterocycles. The Morgan fingerprint density at radius 1 is 1.57 bits per heavy atom. The van der Waals surface area contributed by atoms with Gasteiger partial charge in [-0.25, -0.2) is 0 Å². The highest BCUT2D eigenvalue weighted by atomic mass is 16.3. The highest BCUT2D eigenvalue weighted by molar-refractivity contribution is 5.14. The lowest BCUT2D eigenvalue weighted by Crippen LogP contribution is -2.34. The Labute approximate surface area is 84.2 Å². The number of β-amino-alcohol motifs (C(OH)–C–C–N with tert-alkyl or cyclic N) is 1. The van der Waals surface area contributed by atoms with E-state index in [1.165, 1.54) is 0 Å². The highest BCUT2D eigenvalue weighted by Gasteiger charge is 2.31. The fourth-order valence-corrected chi connectivity index (χ4v) is 1.82. The monoisotopic (exact) mass is 192 g/mol. The summed E-state index contributed by atoms with van der Waals surface area (Å²) in [5.41, 5.74) is 1.55. The molecule has 3 heteroatoms. The van der Waals surface area contributed by atoms with Crippen LogP contribution in [0.4, 0.5) is 0 Å². The van der Waals surface area contributed by atoms with Crippen molar-refractivity contribution in [3.05, 3.63) is 29.6 Å². The number of hydrogen-bond donors (Lipinski definition) is 2. The summed E-state index contributed by atoms with van der Waals surface area (Å²) in [4.78, 5) is 4.30. The minimum atomic E-state index is -0.581. The van der Waals surface area contributed by atoms with E-state index in [4.69, 9.17) is 0 Å². The SMILES string of the molecule is Cc1ccc(CC2(O)CCNC2)nc1. The Balaban J connectivity index is 2.06. The number of aromatic nitrogens is 1. The summed E-state index contributed by atoms with van der Waals surface area (Å²) >= 11 is 0. The maximum absolute atomic E-state index is 10.1. The van der Waals surface area contributed by atoms with Gasteiger partial charge >= 0.3 is 0 Å². The Hall–Kier alpha value is -0.930. The van der Waals surface area contributed by atoms with E-state index in [0.717, 1.165) is 24.2 Å². The van der Waals surface area contributed by atoms with Gasteiger partial charge in [0.2, 0.25) is 0 Å². The number of nitrogens with zero attached hydrogens (tertiary/aromatic N) is 1. The molecular weight excluding hydrogens is 176 g/mol. The molecular formula is C11H16N2O. The molecule has 0 aromatic carbocycles. The van der Waals surface area contributed by atoms with Crippen LogP contribution in [0, 0.1) is 6.92 Å². The van der Waals surface area contributed by atoms with Crippen LogP contribution in [-0.4, -0.2) is 28.8 Å². The molecule has 1 aromatic heterocycles. The molecule has 0 amide bonds. The van der Waals surface area contributed by atoms with Crippen molar-refractivity contribution in [1.29, 1.82) is 0 Å². The second kappa shape index (κ2) is 3.67. The minimum Gasteiger partial charge on any atom is -0.388 e. The quantitative estimate of drug-likeness (QED) is 0.723. The Morgan fingerprint density at radius 2 is 2.43 bits per heavy atom. The molecule has 3 nitrogen and oxygen atoms in total. The first-order valence-corrected chi connectivity index (χ1v) is 5.03. The molecule has 14 heavy (non-hydrogen) atoms. The zero-order valence-electron chi connectivity index (χ0n) is 8.45. The van der Waals surface area contributed by atoms with Crippen LogP contribution in [0.25, 0.3) is 0 Å². The van der Waals surface area contributed by atoms with Crippen LogP contribution in [0.15, 0.2) is 18.3 Å². The van der Waals surface area contributed by atoms with Crippen LogP contribution in [0.2, 0.25) is 0 Å². The third-order valence-corrected chi connectivity index (χ3v) is 2.70. The summed E-state index contributed by atoms with van der Waals surface area (Å²) in [6.45, 7) is 3.60. The van der Waals surface area contributed by atoms with Gasteiger partial charge < -0.3 is 10.4 Å². The Morgan fingerprint density at radius 3 is 3.00 bits per heavy atom. The molecule has 2 N–H and O–H groups in total. The van der Waals surface area contributed by atoms with Crippen molar-refractivity contribution in [2.24, 2.45) is 0 Å². The Bertz CT molecular complexity index is 302. The molecule has 1 fully saturated rings. The maximum Gasteiger partial charge on any atom is 0.0838 e. The summed E-state index contributed by atoms with van der Waals surface area (Å²) in [5.74, 6) is 0. The molecule has 1 atom stereocenters. The lowest BCUT2D eigenvalue weighted by atomic mass is 9.96. The third-order valence-electron chi connectivity index (χ3n) is 2.70. The average Bonchev–Trinajstić information content (AvgIpc) is 2.57. The van der Waals surface area contributed by atoms with E-state index in [0.29, 0.717) is 13.0 Å². The number of nitrogens with one attached hydrogen (secondary N) is 1. The molecule has 0 spiro atoms. The maximum atomic E-state index is 10.1. The average molecular weight is 192 g/mol. The van der Waals surface area contributed by atoms with E-state index >= 15 is 0 Å². The van der Waals surface area contributed by atoms with Crippen molar-refractivity contribution in [2.45, 2.75) is 25.4 Å². The standard InChI is InChI=1S/C11H16N2O/c1-9-2-3-10(13-7-9)6-11(14)4-5-12-8-11/h2-3,7,12,14H,4-6,8H2,1H3. The smallest absolute Gasteiger partial charge is 0.0838 e. The number of rotatable bonds is 2. The van der Waals surface area contributed by atoms with Crippen molar-refractivity contribution in [1.82, 2.24) is 10.3 Å². The predicted octanol–water partition coefficient (Wildman–Crippen LogP) is 0.657. The van der Waals surface area contributed by atoms with E-state index in [1.54, 1.807) is 0 Å². The number of aryl methyl sites for hydroxylation is 1. The number of aliphatic hydroxyl groups is 1. The molecule has 1 aromatic rings. The van der Waals surface area contributed by atoms with E-state index in [9.17, 15) is 5.11 Å². The van der Waals surface area contributed by atoms with Crippen molar-refractivity contribution in [3.63, 3.8) is 0 Å². The summed E-state index contributed by atoms with van der Waals surface area (Å²) in [7, 11) is 0. The summed E-state index contributed by atoms with van der Waals surface area (Å²) in [5, 5.41) is 13.3. The topological polar surface area (TPSA) is 45.1 Å². The van der Waals surface area contributed by atoms with Crippen LogP contribution >= 0.6 is 0 Å². The minimum absolute atomic E-state index is 0.581. The number of pyridine rings is 1. The lowest BCUT2D eigenvalue weighted by Gasteiger charge is -2.20. The van der Waals surface area contributed by atoms with Gasteiger partial charge in [-0.2, -0.15) is 0 Å². The zero-order valence-corrected chi connectivity index (χ0v) is 8.45. The molecule has 1 saturated heterocycles. The fourth-order valence-electron chi connectivity index (χ4n) is 1.82. The van der Waals surface area contributed by atoms with Crippen molar-refractivity contribution in [2.75, 3.05) is 13.1 Å². The zero-order chi connectivity index (χ0) is 10.0. The molecule has 1 aliphatic heterocycles. The second-order valence-corrected chi connectivity index (χ2v) is 4.15. The van der Waals surface area contributed by atoms with Crippen molar-refractivity contribution < 1.29 is 5.11 Å². The fraction of sp³-hybridized carbons (Fsp3) is 0.545. The molecule has 0 radical (unpaired) electrons. The lowest BCUT2D eigenvalue weighted by molar-refractivity contribution is 0.0609. The van der Waals surface area contributed by atoms with Gasteiger partial charge in [0.05, 0.1) is 5.60 Å². The number of hydrogen-bond acceptors (Lipinski definition) is 3. The molecule has 0 saturated carbocycles. The normalized spacial score (nSPS) is 26.7. The van der Waals surface area contributed by atoms with Gasteiger partial charge in [-0.3, -0.25) is 4.98 Å². The molecule has 0 aliphatic carbocycles. The highest BCUT2D eigenvalue weighted by Crippen LogP contribution is 2.19. The molecule has 1 aliphatic rings. The van der Waals surface area contributed by atoms with E-state index < -0.39 is 5.60 Å². The second-order valence-electron chi connectivity index (χ2n) is 4.15. The largest absolute Gasteiger partial charge is 0.388 e. The van der Waals surface area contributed by atoms with Crippen LogP contribution in [0.5, 0.6) is 0 Å². The van der Waals surface area contributed by atoms with Crippen LogP contribution in [0.3, 0.4) is 0 Å². The van der Waals surface area contributed by atoms with Gasteiger partial charge in [0.1, 0.15) is 0 Å². The van der Waals surface area contributed by atoms with Gasteiger partial charge in [-0.1, -0.05) is 6.07 Å². The predicted molar refractivity (Wildman–Crippen MR) is 55.1 cm³/mol. The van der Waals surface area contributed by atoms with Gasteiger partial charge in [-0.15, -0.1) is 0 Å². The van der Waals surface area contributed by atoms with Gasteiger partial charge in [0.25, 0.3) is 0 Å². The van der Waals surface area contributed by atoms with Crippen molar-refractivity contribution in [3.8, 4) is 0 Å². The summed E-state index contributed by atoms with van der Waals surface area (Å²) in [6.07, 6.45) is 3.32. The first-order chi connectivity index (χ1) is 6.68.